The summed E-state index contributed by atoms with van der Waals surface area (Å²) in [6.45, 7) is 3.59. The molecule has 0 heterocycles. The van der Waals surface area contributed by atoms with Crippen LogP contribution in [0.1, 0.15) is 18.1 Å². The Labute approximate surface area is 93.7 Å². The number of aromatic hydroxyl groups is 1. The lowest BCUT2D eigenvalue weighted by atomic mass is 10.1. The quantitative estimate of drug-likeness (QED) is 0.592. The number of hydrogen-bond acceptors (Lipinski definition) is 4. The van der Waals surface area contributed by atoms with Gasteiger partial charge in [0.25, 0.3) is 0 Å². The van der Waals surface area contributed by atoms with Crippen LogP contribution in [0.2, 0.25) is 0 Å². The van der Waals surface area contributed by atoms with Crippen molar-refractivity contribution in [1.29, 1.82) is 0 Å². The molecule has 1 rings (SSSR count). The Morgan fingerprint density at radius 3 is 2.81 bits per heavy atom. The molecule has 5 heteroatoms. The third-order valence-electron chi connectivity index (χ3n) is 2.04. The van der Waals surface area contributed by atoms with Crippen molar-refractivity contribution < 1.29 is 14.6 Å². The Balaban J connectivity index is 2.91. The summed E-state index contributed by atoms with van der Waals surface area (Å²) in [5.74, 6) is 0.124. The van der Waals surface area contributed by atoms with Gasteiger partial charge in [-0.15, -0.1) is 0 Å². The molecule has 16 heavy (non-hydrogen) atoms. The lowest BCUT2D eigenvalue weighted by Gasteiger charge is -2.05. The minimum absolute atomic E-state index is 0.124. The van der Waals surface area contributed by atoms with Crippen LogP contribution < -0.4 is 5.43 Å². The van der Waals surface area contributed by atoms with Gasteiger partial charge in [-0.2, -0.15) is 5.10 Å². The fourth-order valence-corrected chi connectivity index (χ4v) is 1.18. The molecule has 2 N–H and O–H groups in total. The van der Waals surface area contributed by atoms with Crippen LogP contribution in [0.25, 0.3) is 0 Å². The van der Waals surface area contributed by atoms with Gasteiger partial charge in [0.2, 0.25) is 0 Å². The Hall–Kier alpha value is -2.04. The number of phenolic OH excluding ortho intramolecular Hbond substituents is 1. The average molecular weight is 222 g/mol. The number of carbonyl (C=O) groups is 1. The number of amides is 1. The van der Waals surface area contributed by atoms with E-state index in [0.717, 1.165) is 5.56 Å². The first-order valence-electron chi connectivity index (χ1n) is 4.73. The second kappa shape index (κ2) is 5.16. The van der Waals surface area contributed by atoms with Gasteiger partial charge >= 0.3 is 6.09 Å². The highest BCUT2D eigenvalue weighted by molar-refractivity contribution is 6.01. The van der Waals surface area contributed by atoms with Crippen LogP contribution in [0.5, 0.6) is 5.75 Å². The third kappa shape index (κ3) is 2.98. The normalized spacial score (nSPS) is 11.1. The smallest absolute Gasteiger partial charge is 0.427 e. The number of nitrogens with one attached hydrogen (secondary N) is 1. The molecule has 0 fully saturated rings. The minimum Gasteiger partial charge on any atom is -0.507 e. The van der Waals surface area contributed by atoms with Crippen molar-refractivity contribution in [3.63, 3.8) is 0 Å². The Morgan fingerprint density at radius 1 is 1.50 bits per heavy atom. The number of methoxy groups -OCH3 is 1. The van der Waals surface area contributed by atoms with E-state index in [9.17, 15) is 9.90 Å². The maximum absolute atomic E-state index is 10.8. The van der Waals surface area contributed by atoms with E-state index >= 15 is 0 Å². The summed E-state index contributed by atoms with van der Waals surface area (Å²) in [6, 6.07) is 5.16. The highest BCUT2D eigenvalue weighted by Gasteiger charge is 2.05. The molecule has 1 aromatic carbocycles. The van der Waals surface area contributed by atoms with E-state index in [4.69, 9.17) is 0 Å². The number of ether oxygens (including phenoxy) is 1. The van der Waals surface area contributed by atoms with E-state index in [1.807, 2.05) is 6.92 Å². The minimum atomic E-state index is -0.647. The molecule has 0 aliphatic carbocycles. The number of hydrazone groups is 1. The molecule has 0 spiro atoms. The molecule has 0 aromatic heterocycles. The standard InChI is InChI=1S/C11H14N2O3/c1-7-4-5-10(14)9(6-7)8(2)12-13-11(15)16-3/h4-6,14H,1-3H3,(H,13,15)/b12-8+. The van der Waals surface area contributed by atoms with Gasteiger partial charge in [0.15, 0.2) is 0 Å². The third-order valence-corrected chi connectivity index (χ3v) is 2.04. The second-order valence-corrected chi connectivity index (χ2v) is 3.32. The number of aryl methyl sites for hydroxylation is 1. The first-order chi connectivity index (χ1) is 7.54. The first-order valence-corrected chi connectivity index (χ1v) is 4.73. The molecule has 0 unspecified atom stereocenters. The van der Waals surface area contributed by atoms with E-state index in [1.54, 1.807) is 25.1 Å². The molecule has 0 aliphatic rings. The van der Waals surface area contributed by atoms with Gasteiger partial charge in [0.1, 0.15) is 5.75 Å². The largest absolute Gasteiger partial charge is 0.507 e. The predicted molar refractivity (Wildman–Crippen MR) is 60.6 cm³/mol. The van der Waals surface area contributed by atoms with Gasteiger partial charge in [-0.25, -0.2) is 10.2 Å². The molecular formula is C11H14N2O3. The number of carbonyl (C=O) groups excluding carboxylic acids is 1. The second-order valence-electron chi connectivity index (χ2n) is 3.32. The van der Waals surface area contributed by atoms with Gasteiger partial charge in [-0.05, 0) is 26.0 Å². The summed E-state index contributed by atoms with van der Waals surface area (Å²) in [5, 5.41) is 13.4. The van der Waals surface area contributed by atoms with Gasteiger partial charge in [-0.3, -0.25) is 0 Å². The molecule has 0 radical (unpaired) electrons. The number of hydrogen-bond donors (Lipinski definition) is 2. The Morgan fingerprint density at radius 2 is 2.19 bits per heavy atom. The van der Waals surface area contributed by atoms with Crippen molar-refractivity contribution in [1.82, 2.24) is 5.43 Å². The van der Waals surface area contributed by atoms with E-state index in [-0.39, 0.29) is 5.75 Å². The van der Waals surface area contributed by atoms with Gasteiger partial charge in [0, 0.05) is 5.56 Å². The highest BCUT2D eigenvalue weighted by Crippen LogP contribution is 2.18. The number of rotatable bonds is 2. The molecule has 0 saturated carbocycles. The molecule has 86 valence electrons. The number of nitrogens with zero attached hydrogens (tertiary/aromatic N) is 1. The topological polar surface area (TPSA) is 70.9 Å². The summed E-state index contributed by atoms with van der Waals surface area (Å²) in [6.07, 6.45) is -0.647. The molecule has 5 nitrogen and oxygen atoms in total. The van der Waals surface area contributed by atoms with Crippen LogP contribution >= 0.6 is 0 Å². The zero-order chi connectivity index (χ0) is 12.1. The van der Waals surface area contributed by atoms with Crippen LogP contribution in [-0.2, 0) is 4.74 Å². The lowest BCUT2D eigenvalue weighted by molar-refractivity contribution is 0.171. The van der Waals surface area contributed by atoms with Crippen LogP contribution in [0.3, 0.4) is 0 Å². The molecule has 0 atom stereocenters. The Kier molecular flexibility index (Phi) is 3.88. The fraction of sp³-hybridized carbons (Fsp3) is 0.273. The highest BCUT2D eigenvalue weighted by atomic mass is 16.5. The summed E-state index contributed by atoms with van der Waals surface area (Å²) >= 11 is 0. The summed E-state index contributed by atoms with van der Waals surface area (Å²) in [5.41, 5.74) is 4.28. The lowest BCUT2D eigenvalue weighted by Crippen LogP contribution is -2.18. The maximum atomic E-state index is 10.8. The fourth-order valence-electron chi connectivity index (χ4n) is 1.18. The molecule has 0 aliphatic heterocycles. The van der Waals surface area contributed by atoms with E-state index in [0.29, 0.717) is 11.3 Å². The van der Waals surface area contributed by atoms with Gasteiger partial charge in [0.05, 0.1) is 12.8 Å². The maximum Gasteiger partial charge on any atom is 0.427 e. The summed E-state index contributed by atoms with van der Waals surface area (Å²) in [7, 11) is 1.25. The number of benzene rings is 1. The zero-order valence-electron chi connectivity index (χ0n) is 9.44. The van der Waals surface area contributed by atoms with Gasteiger partial charge in [-0.1, -0.05) is 11.6 Å². The number of phenols is 1. The van der Waals surface area contributed by atoms with Crippen molar-refractivity contribution in [2.24, 2.45) is 5.10 Å². The SMILES string of the molecule is COC(=O)N/N=C(\C)c1cc(C)ccc1O. The molecule has 1 amide bonds. The average Bonchev–Trinajstić information content (AvgIpc) is 2.28. The van der Waals surface area contributed by atoms with E-state index in [2.05, 4.69) is 15.3 Å². The summed E-state index contributed by atoms with van der Waals surface area (Å²) in [4.78, 5) is 10.8. The van der Waals surface area contributed by atoms with Crippen molar-refractivity contribution >= 4 is 11.8 Å². The molecule has 0 bridgehead atoms. The summed E-state index contributed by atoms with van der Waals surface area (Å²) < 4.78 is 4.37. The van der Waals surface area contributed by atoms with E-state index < -0.39 is 6.09 Å². The van der Waals surface area contributed by atoms with Crippen molar-refractivity contribution in [2.75, 3.05) is 7.11 Å². The van der Waals surface area contributed by atoms with Crippen LogP contribution in [0.15, 0.2) is 23.3 Å². The van der Waals surface area contributed by atoms with Gasteiger partial charge < -0.3 is 9.84 Å². The van der Waals surface area contributed by atoms with Crippen LogP contribution in [-0.4, -0.2) is 24.0 Å². The van der Waals surface area contributed by atoms with Crippen molar-refractivity contribution in [3.05, 3.63) is 29.3 Å². The van der Waals surface area contributed by atoms with E-state index in [1.165, 1.54) is 7.11 Å². The first kappa shape index (κ1) is 12.0. The monoisotopic (exact) mass is 222 g/mol. The molecular weight excluding hydrogens is 208 g/mol. The predicted octanol–water partition coefficient (Wildman–Crippen LogP) is 1.78. The van der Waals surface area contributed by atoms with Crippen molar-refractivity contribution in [2.45, 2.75) is 13.8 Å². The Bertz CT molecular complexity index is 427. The van der Waals surface area contributed by atoms with Crippen LogP contribution in [0.4, 0.5) is 4.79 Å². The molecule has 0 saturated heterocycles. The van der Waals surface area contributed by atoms with Crippen molar-refractivity contribution in [3.8, 4) is 5.75 Å². The van der Waals surface area contributed by atoms with Crippen LogP contribution in [0, 0.1) is 6.92 Å². The molecule has 1 aromatic rings. The zero-order valence-corrected chi connectivity index (χ0v) is 9.44.